The topological polar surface area (TPSA) is 77.3 Å². The molecule has 0 spiro atoms. The maximum atomic E-state index is 13.4. The smallest absolute Gasteiger partial charge is 0.242 e. The Hall–Kier alpha value is -4.95. The van der Waals surface area contributed by atoms with Crippen molar-refractivity contribution in [3.63, 3.8) is 0 Å². The van der Waals surface area contributed by atoms with Gasteiger partial charge in [0.15, 0.2) is 0 Å². The number of nitrogens with zero attached hydrogens (tertiary/aromatic N) is 6. The van der Waals surface area contributed by atoms with Gasteiger partial charge in [0.2, 0.25) is 0 Å². The van der Waals surface area contributed by atoms with Crippen molar-refractivity contribution in [3.05, 3.63) is 71.3 Å². The molecule has 0 aliphatic heterocycles. The van der Waals surface area contributed by atoms with Crippen LogP contribution in [0, 0.1) is 0 Å². The SMILES string of the molecule is FC(F)(F)c1ccc2nc3c4nc5ccc(C(F)(F)F)cc5nc4c4nc5cc(C(F)(F)F)ccc5nc4c3nc2c1. The third kappa shape index (κ3) is 4.06. The fraction of sp³-hybridized carbons (Fsp3) is 0.111. The zero-order valence-corrected chi connectivity index (χ0v) is 20.3. The van der Waals surface area contributed by atoms with Crippen LogP contribution in [0.1, 0.15) is 16.7 Å². The van der Waals surface area contributed by atoms with Crippen LogP contribution in [0.3, 0.4) is 0 Å². The molecule has 0 saturated carbocycles. The number of benzene rings is 4. The normalized spacial score (nSPS) is 13.4. The van der Waals surface area contributed by atoms with Crippen molar-refractivity contribution >= 4 is 66.2 Å². The maximum absolute atomic E-state index is 13.4. The van der Waals surface area contributed by atoms with E-state index in [1.165, 1.54) is 0 Å². The third-order valence-corrected chi connectivity index (χ3v) is 6.65. The summed E-state index contributed by atoms with van der Waals surface area (Å²) in [6.45, 7) is 0. The molecule has 0 aliphatic rings. The standard InChI is InChI=1S/C27H9F9N6/c28-25(29,30)10-1-4-13-16(7-10)40-22-19(37-13)20-23(41-17-8-11(26(31,32)33)2-5-14(17)38-20)24-21(22)39-15-6-3-12(27(34,35)36)9-18(15)42-24/h1-9H. The molecule has 3 heterocycles. The molecule has 0 fully saturated rings. The Bertz CT molecular complexity index is 2280. The van der Waals surface area contributed by atoms with Crippen molar-refractivity contribution in [1.29, 1.82) is 0 Å². The first-order chi connectivity index (χ1) is 19.7. The van der Waals surface area contributed by atoms with Gasteiger partial charge in [0.25, 0.3) is 0 Å². The Morgan fingerprint density at radius 3 is 0.738 bits per heavy atom. The van der Waals surface area contributed by atoms with Crippen molar-refractivity contribution in [1.82, 2.24) is 29.9 Å². The minimum absolute atomic E-state index is 0.00445. The van der Waals surface area contributed by atoms with E-state index in [2.05, 4.69) is 29.9 Å². The molecule has 0 bridgehead atoms. The average molecular weight is 588 g/mol. The van der Waals surface area contributed by atoms with Gasteiger partial charge >= 0.3 is 18.5 Å². The van der Waals surface area contributed by atoms with Gasteiger partial charge in [-0.2, -0.15) is 39.5 Å². The van der Waals surface area contributed by atoms with Crippen LogP contribution in [0.4, 0.5) is 39.5 Å². The first-order valence-corrected chi connectivity index (χ1v) is 11.8. The van der Waals surface area contributed by atoms with E-state index in [-0.39, 0.29) is 66.2 Å². The molecule has 0 amide bonds. The van der Waals surface area contributed by atoms with E-state index >= 15 is 0 Å². The van der Waals surface area contributed by atoms with Crippen LogP contribution in [0.25, 0.3) is 66.2 Å². The number of fused-ring (bicyclic) bond motifs is 9. The van der Waals surface area contributed by atoms with Gasteiger partial charge in [0, 0.05) is 0 Å². The van der Waals surface area contributed by atoms with Crippen molar-refractivity contribution in [2.75, 3.05) is 0 Å². The first kappa shape index (κ1) is 26.0. The number of aromatic nitrogens is 6. The molecule has 0 unspecified atom stereocenters. The van der Waals surface area contributed by atoms with Crippen molar-refractivity contribution in [3.8, 4) is 0 Å². The Balaban J connectivity index is 1.66. The first-order valence-electron chi connectivity index (χ1n) is 11.8. The van der Waals surface area contributed by atoms with E-state index in [1.54, 1.807) is 0 Å². The zero-order chi connectivity index (χ0) is 29.8. The second kappa shape index (κ2) is 8.30. The molecular formula is C27H9F9N6. The average Bonchev–Trinajstić information content (AvgIpc) is 2.92. The van der Waals surface area contributed by atoms with Gasteiger partial charge in [-0.05, 0) is 54.6 Å². The Kier molecular flexibility index (Phi) is 5.13. The van der Waals surface area contributed by atoms with Crippen LogP contribution in [0.5, 0.6) is 0 Å². The third-order valence-electron chi connectivity index (χ3n) is 6.65. The van der Waals surface area contributed by atoms with Crippen LogP contribution in [0.2, 0.25) is 0 Å². The van der Waals surface area contributed by atoms with Crippen molar-refractivity contribution in [2.24, 2.45) is 0 Å². The highest BCUT2D eigenvalue weighted by Gasteiger charge is 2.33. The van der Waals surface area contributed by atoms with Gasteiger partial charge < -0.3 is 0 Å². The molecule has 4 aromatic carbocycles. The van der Waals surface area contributed by atoms with Crippen molar-refractivity contribution < 1.29 is 39.5 Å². The molecule has 6 nitrogen and oxygen atoms in total. The van der Waals surface area contributed by atoms with Crippen LogP contribution in [-0.4, -0.2) is 29.9 Å². The minimum atomic E-state index is -4.71. The van der Waals surface area contributed by atoms with E-state index in [0.717, 1.165) is 54.6 Å². The monoisotopic (exact) mass is 588 g/mol. The highest BCUT2D eigenvalue weighted by molar-refractivity contribution is 6.20. The van der Waals surface area contributed by atoms with Crippen LogP contribution in [0.15, 0.2) is 54.6 Å². The second-order valence-corrected chi connectivity index (χ2v) is 9.37. The summed E-state index contributed by atoms with van der Waals surface area (Å²) in [6, 6.07) is 7.96. The van der Waals surface area contributed by atoms with Gasteiger partial charge in [0.05, 0.1) is 49.8 Å². The summed E-state index contributed by atoms with van der Waals surface area (Å²) in [5, 5.41) is 0. The van der Waals surface area contributed by atoms with E-state index in [1.807, 2.05) is 0 Å². The van der Waals surface area contributed by atoms with E-state index < -0.39 is 35.2 Å². The van der Waals surface area contributed by atoms with E-state index in [4.69, 9.17) is 0 Å². The van der Waals surface area contributed by atoms with Crippen LogP contribution in [-0.2, 0) is 18.5 Å². The summed E-state index contributed by atoms with van der Waals surface area (Å²) < 4.78 is 121. The summed E-state index contributed by atoms with van der Waals surface area (Å²) in [5.41, 5.74) is -3.97. The lowest BCUT2D eigenvalue weighted by Gasteiger charge is -2.12. The quantitative estimate of drug-likeness (QED) is 0.101. The molecule has 0 saturated heterocycles. The van der Waals surface area contributed by atoms with Crippen LogP contribution >= 0.6 is 0 Å². The van der Waals surface area contributed by atoms with Gasteiger partial charge in [-0.25, -0.2) is 29.9 Å². The Morgan fingerprint density at radius 1 is 0.310 bits per heavy atom. The number of halogens is 9. The molecule has 42 heavy (non-hydrogen) atoms. The molecule has 7 rings (SSSR count). The number of alkyl halides is 9. The van der Waals surface area contributed by atoms with Crippen LogP contribution < -0.4 is 0 Å². The maximum Gasteiger partial charge on any atom is 0.416 e. The molecule has 15 heteroatoms. The predicted octanol–water partition coefficient (Wildman–Crippen LogP) is 8.03. The Labute approximate surface area is 225 Å². The number of hydrogen-bond acceptors (Lipinski definition) is 6. The summed E-state index contributed by atoms with van der Waals surface area (Å²) in [6.07, 6.45) is -14.1. The highest BCUT2D eigenvalue weighted by atomic mass is 19.4. The van der Waals surface area contributed by atoms with Crippen molar-refractivity contribution in [2.45, 2.75) is 18.5 Å². The summed E-state index contributed by atoms with van der Waals surface area (Å²) in [4.78, 5) is 26.3. The van der Waals surface area contributed by atoms with E-state index in [9.17, 15) is 39.5 Å². The molecule has 3 aromatic heterocycles. The van der Waals surface area contributed by atoms with Gasteiger partial charge in [0.1, 0.15) is 33.1 Å². The minimum Gasteiger partial charge on any atom is -0.242 e. The fourth-order valence-corrected chi connectivity index (χ4v) is 4.68. The summed E-state index contributed by atoms with van der Waals surface area (Å²) in [5.74, 6) is 0. The lowest BCUT2D eigenvalue weighted by molar-refractivity contribution is -0.138. The summed E-state index contributed by atoms with van der Waals surface area (Å²) >= 11 is 0. The molecular weight excluding hydrogens is 579 g/mol. The molecule has 7 aromatic rings. The number of hydrogen-bond donors (Lipinski definition) is 0. The second-order valence-electron chi connectivity index (χ2n) is 9.37. The molecule has 0 N–H and O–H groups in total. The van der Waals surface area contributed by atoms with E-state index in [0.29, 0.717) is 0 Å². The largest absolute Gasteiger partial charge is 0.416 e. The lowest BCUT2D eigenvalue weighted by Crippen LogP contribution is -2.06. The fourth-order valence-electron chi connectivity index (χ4n) is 4.68. The predicted molar refractivity (Wildman–Crippen MR) is 133 cm³/mol. The van der Waals surface area contributed by atoms with Gasteiger partial charge in [-0.1, -0.05) is 0 Å². The summed E-state index contributed by atoms with van der Waals surface area (Å²) in [7, 11) is 0. The van der Waals surface area contributed by atoms with Gasteiger partial charge in [-0.15, -0.1) is 0 Å². The zero-order valence-electron chi connectivity index (χ0n) is 20.3. The lowest BCUT2D eigenvalue weighted by atomic mass is 10.1. The molecule has 0 radical (unpaired) electrons. The Morgan fingerprint density at radius 2 is 0.524 bits per heavy atom. The van der Waals surface area contributed by atoms with Gasteiger partial charge in [-0.3, -0.25) is 0 Å². The highest BCUT2D eigenvalue weighted by Crippen LogP contribution is 2.37. The molecule has 210 valence electrons. The number of rotatable bonds is 0. The molecule has 0 aliphatic carbocycles. The molecule has 0 atom stereocenters.